The van der Waals surface area contributed by atoms with Crippen LogP contribution in [0.15, 0.2) is 206 Å². The van der Waals surface area contributed by atoms with Gasteiger partial charge in [0, 0.05) is 16.9 Å². The van der Waals surface area contributed by atoms with Crippen molar-refractivity contribution in [1.29, 1.82) is 0 Å². The maximum atomic E-state index is 4.04. The van der Waals surface area contributed by atoms with E-state index in [1.807, 2.05) is 6.08 Å². The highest BCUT2D eigenvalue weighted by atomic mass is 15.1. The molecule has 0 saturated carbocycles. The van der Waals surface area contributed by atoms with Crippen LogP contribution in [0.4, 0.5) is 17.1 Å². The van der Waals surface area contributed by atoms with Crippen molar-refractivity contribution in [2.75, 3.05) is 4.90 Å². The van der Waals surface area contributed by atoms with Crippen molar-refractivity contribution in [2.24, 2.45) is 0 Å². The molecule has 1 spiro atoms. The highest BCUT2D eigenvalue weighted by molar-refractivity contribution is 6.01. The van der Waals surface area contributed by atoms with E-state index in [1.165, 1.54) is 66.8 Å². The van der Waals surface area contributed by atoms with Gasteiger partial charge in [-0.25, -0.2) is 0 Å². The Hall–Kier alpha value is -6.44. The number of hydrogen-bond donors (Lipinski definition) is 0. The first-order valence-corrected chi connectivity index (χ1v) is 17.6. The minimum absolute atomic E-state index is 0.442. The summed E-state index contributed by atoms with van der Waals surface area (Å²) in [5, 5.41) is 0. The van der Waals surface area contributed by atoms with Gasteiger partial charge < -0.3 is 4.90 Å². The van der Waals surface area contributed by atoms with Crippen LogP contribution >= 0.6 is 0 Å². The highest BCUT2D eigenvalue weighted by Crippen LogP contribution is 2.64. The molecule has 9 rings (SSSR count). The fraction of sp³-hybridized carbons (Fsp3) is 0.0400. The summed E-state index contributed by atoms with van der Waals surface area (Å²) in [6, 6.07) is 64.1. The van der Waals surface area contributed by atoms with Crippen LogP contribution in [0, 0.1) is 0 Å². The summed E-state index contributed by atoms with van der Waals surface area (Å²) in [5.74, 6) is 0. The summed E-state index contributed by atoms with van der Waals surface area (Å²) < 4.78 is 0. The Bertz CT molecular complexity index is 2380. The molecule has 7 aromatic carbocycles. The SMILES string of the molecule is C=CC=CC1=C(C)c2ccccc2C12c1ccccc1-c1c(N(c3ccc(-c4ccccc4)cc3)c3ccc(-c4ccccc4)cc3)cccc12. The molecule has 0 radical (unpaired) electrons. The summed E-state index contributed by atoms with van der Waals surface area (Å²) in [6.45, 7) is 6.31. The Morgan fingerprint density at radius 3 is 1.51 bits per heavy atom. The zero-order valence-corrected chi connectivity index (χ0v) is 28.6. The van der Waals surface area contributed by atoms with E-state index in [9.17, 15) is 0 Å². The Labute approximate surface area is 300 Å². The molecule has 7 aromatic rings. The van der Waals surface area contributed by atoms with Crippen LogP contribution in [0.2, 0.25) is 0 Å². The van der Waals surface area contributed by atoms with Crippen LogP contribution in [0.25, 0.3) is 39.0 Å². The summed E-state index contributed by atoms with van der Waals surface area (Å²) in [6.07, 6.45) is 6.25. The Morgan fingerprint density at radius 1 is 0.471 bits per heavy atom. The van der Waals surface area contributed by atoms with Gasteiger partial charge in [-0.15, -0.1) is 0 Å². The number of anilines is 3. The van der Waals surface area contributed by atoms with Crippen LogP contribution in [-0.2, 0) is 5.41 Å². The lowest BCUT2D eigenvalue weighted by Gasteiger charge is -2.32. The van der Waals surface area contributed by atoms with Crippen molar-refractivity contribution >= 4 is 22.6 Å². The number of nitrogens with zero attached hydrogens (tertiary/aromatic N) is 1. The molecule has 2 aliphatic carbocycles. The van der Waals surface area contributed by atoms with Gasteiger partial charge in [-0.1, -0.05) is 170 Å². The lowest BCUT2D eigenvalue weighted by molar-refractivity contribution is 0.786. The maximum Gasteiger partial charge on any atom is 0.0722 e. The number of benzene rings is 7. The van der Waals surface area contributed by atoms with E-state index in [-0.39, 0.29) is 0 Å². The van der Waals surface area contributed by atoms with Crippen LogP contribution in [0.5, 0.6) is 0 Å². The number of fused-ring (bicyclic) bond motifs is 7. The van der Waals surface area contributed by atoms with Gasteiger partial charge in [0.15, 0.2) is 0 Å². The maximum absolute atomic E-state index is 4.04. The zero-order valence-electron chi connectivity index (χ0n) is 28.6. The van der Waals surface area contributed by atoms with Gasteiger partial charge in [0.2, 0.25) is 0 Å². The molecule has 1 unspecified atom stereocenters. The second-order valence-corrected chi connectivity index (χ2v) is 13.3. The molecule has 0 N–H and O–H groups in total. The smallest absolute Gasteiger partial charge is 0.0722 e. The average Bonchev–Trinajstić information content (AvgIpc) is 3.64. The van der Waals surface area contributed by atoms with Crippen molar-refractivity contribution in [3.05, 3.63) is 229 Å². The number of allylic oxidation sites excluding steroid dienone is 5. The molecular formula is C50H37N. The molecule has 0 heterocycles. The molecule has 0 bridgehead atoms. The molecular weight excluding hydrogens is 615 g/mol. The van der Waals surface area contributed by atoms with Crippen LogP contribution < -0.4 is 4.90 Å². The van der Waals surface area contributed by atoms with E-state index in [2.05, 4.69) is 206 Å². The quantitative estimate of drug-likeness (QED) is 0.155. The molecule has 0 amide bonds. The molecule has 1 atom stereocenters. The van der Waals surface area contributed by atoms with Crippen molar-refractivity contribution in [2.45, 2.75) is 12.3 Å². The molecule has 0 saturated heterocycles. The number of rotatable bonds is 7. The Balaban J connectivity index is 1.29. The van der Waals surface area contributed by atoms with E-state index in [4.69, 9.17) is 0 Å². The second kappa shape index (κ2) is 12.5. The fourth-order valence-electron chi connectivity index (χ4n) is 8.49. The third-order valence-corrected chi connectivity index (χ3v) is 10.7. The lowest BCUT2D eigenvalue weighted by Crippen LogP contribution is -2.26. The van der Waals surface area contributed by atoms with Gasteiger partial charge in [-0.05, 0) is 98.5 Å². The number of hydrogen-bond acceptors (Lipinski definition) is 1. The standard InChI is InChI=1S/C50H37N/c1-3-4-22-44-35(2)42-20-11-13-23-45(42)50(44)46-24-14-12-21-43(46)49-47(50)25-15-26-48(49)51(40-31-27-38(28-32-40)36-16-7-5-8-17-36)41-33-29-39(30-34-41)37-18-9-6-10-19-37/h3-34H,1H2,2H3. The van der Waals surface area contributed by atoms with E-state index in [0.29, 0.717) is 0 Å². The normalized spacial score (nSPS) is 15.5. The highest BCUT2D eigenvalue weighted by Gasteiger charge is 2.52. The summed E-state index contributed by atoms with van der Waals surface area (Å²) in [4.78, 5) is 2.44. The van der Waals surface area contributed by atoms with Gasteiger partial charge in [0.1, 0.15) is 0 Å². The van der Waals surface area contributed by atoms with Gasteiger partial charge in [0.25, 0.3) is 0 Å². The summed E-state index contributed by atoms with van der Waals surface area (Å²) in [5.41, 5.74) is 18.2. The molecule has 242 valence electrons. The largest absolute Gasteiger partial charge is 0.310 e. The summed E-state index contributed by atoms with van der Waals surface area (Å²) in [7, 11) is 0. The van der Waals surface area contributed by atoms with Crippen molar-refractivity contribution in [3.63, 3.8) is 0 Å². The fourth-order valence-corrected chi connectivity index (χ4v) is 8.49. The predicted molar refractivity (Wildman–Crippen MR) is 216 cm³/mol. The Kier molecular flexibility index (Phi) is 7.48. The van der Waals surface area contributed by atoms with Gasteiger partial charge in [0.05, 0.1) is 11.1 Å². The molecule has 0 aliphatic heterocycles. The minimum Gasteiger partial charge on any atom is -0.310 e. The minimum atomic E-state index is -0.442. The first-order valence-electron chi connectivity index (χ1n) is 17.6. The van der Waals surface area contributed by atoms with Gasteiger partial charge in [-0.2, -0.15) is 0 Å². The molecule has 0 fully saturated rings. The van der Waals surface area contributed by atoms with E-state index in [1.54, 1.807) is 0 Å². The van der Waals surface area contributed by atoms with E-state index >= 15 is 0 Å². The molecule has 1 heteroatoms. The Morgan fingerprint density at radius 2 is 0.941 bits per heavy atom. The average molecular weight is 652 g/mol. The molecule has 51 heavy (non-hydrogen) atoms. The van der Waals surface area contributed by atoms with Crippen molar-refractivity contribution in [1.82, 2.24) is 0 Å². The molecule has 1 nitrogen and oxygen atoms in total. The monoisotopic (exact) mass is 651 g/mol. The molecule has 0 aromatic heterocycles. The van der Waals surface area contributed by atoms with E-state index in [0.717, 1.165) is 17.1 Å². The van der Waals surface area contributed by atoms with Crippen LogP contribution in [0.3, 0.4) is 0 Å². The first-order chi connectivity index (χ1) is 25.2. The van der Waals surface area contributed by atoms with Crippen LogP contribution in [-0.4, -0.2) is 0 Å². The third kappa shape index (κ3) is 4.77. The van der Waals surface area contributed by atoms with Gasteiger partial charge in [-0.3, -0.25) is 0 Å². The topological polar surface area (TPSA) is 3.24 Å². The van der Waals surface area contributed by atoms with Crippen LogP contribution in [0.1, 0.15) is 29.2 Å². The van der Waals surface area contributed by atoms with Crippen molar-refractivity contribution in [3.8, 4) is 33.4 Å². The van der Waals surface area contributed by atoms with Crippen molar-refractivity contribution < 1.29 is 0 Å². The van der Waals surface area contributed by atoms with Gasteiger partial charge >= 0.3 is 0 Å². The second-order valence-electron chi connectivity index (χ2n) is 13.3. The molecule has 2 aliphatic rings. The first kappa shape index (κ1) is 30.6. The lowest BCUT2D eigenvalue weighted by atomic mass is 9.69. The van der Waals surface area contributed by atoms with E-state index < -0.39 is 5.41 Å². The third-order valence-electron chi connectivity index (χ3n) is 10.7. The summed E-state index contributed by atoms with van der Waals surface area (Å²) >= 11 is 0. The predicted octanol–water partition coefficient (Wildman–Crippen LogP) is 13.3. The zero-order chi connectivity index (χ0) is 34.4.